The van der Waals surface area contributed by atoms with E-state index in [0.29, 0.717) is 37.2 Å². The van der Waals surface area contributed by atoms with Gasteiger partial charge in [0.1, 0.15) is 5.60 Å². The van der Waals surface area contributed by atoms with Crippen LogP contribution in [-0.4, -0.2) is 85.0 Å². The zero-order valence-corrected chi connectivity index (χ0v) is 53.1. The Morgan fingerprint density at radius 1 is 0.423 bits per heavy atom. The lowest BCUT2D eigenvalue weighted by Crippen LogP contribution is -2.57. The lowest BCUT2D eigenvalue weighted by molar-refractivity contribution is -0.144. The summed E-state index contributed by atoms with van der Waals surface area (Å²) >= 11 is 0. The van der Waals surface area contributed by atoms with Gasteiger partial charge in [-0.25, -0.2) is 4.31 Å². The number of hydrogen-bond donors (Lipinski definition) is 8. The van der Waals surface area contributed by atoms with Crippen LogP contribution in [0.1, 0.15) is 283 Å². The number of rotatable bonds is 36. The summed E-state index contributed by atoms with van der Waals surface area (Å²) in [6.45, 7) is 28.3. The van der Waals surface area contributed by atoms with Crippen molar-refractivity contribution >= 4 is 29.1 Å². The summed E-state index contributed by atoms with van der Waals surface area (Å²) in [7, 11) is -5.22. The SMILES string of the molecule is CCCCCCCCCCCCOC(=O)CCc1cc(C(C)(C)C)c(C(O)(c2c(C(C)(C)C)cc(CCC(=O)OCCCCCCCCCCCC)cc2C(C)(C)C)C(CO)(CO)CO)c(C(C)(C)C)c1.OP(O)OP(O)O. The molecule has 0 heterocycles. The van der Waals surface area contributed by atoms with Crippen molar-refractivity contribution in [3.8, 4) is 0 Å². The summed E-state index contributed by atoms with van der Waals surface area (Å²) in [6.07, 6.45) is 25.5. The molecule has 0 bridgehead atoms. The second-order valence-electron chi connectivity index (χ2n) is 26.0. The van der Waals surface area contributed by atoms with Crippen LogP contribution in [0, 0.1) is 5.41 Å². The van der Waals surface area contributed by atoms with Gasteiger partial charge >= 0.3 is 29.1 Å². The molecule has 2 rings (SSSR count). The average Bonchev–Trinajstić information content (AvgIpc) is 3.34. The van der Waals surface area contributed by atoms with E-state index in [0.717, 1.165) is 71.9 Å². The first-order valence-electron chi connectivity index (χ1n) is 29.7. The summed E-state index contributed by atoms with van der Waals surface area (Å²) in [5, 5.41) is 49.2. The first kappa shape index (κ1) is 73.9. The van der Waals surface area contributed by atoms with Crippen molar-refractivity contribution in [2.45, 2.75) is 278 Å². The molecule has 2 aromatic carbocycles. The van der Waals surface area contributed by atoms with Crippen LogP contribution in [-0.2, 0) is 63.5 Å². The minimum absolute atomic E-state index is 0.207. The van der Waals surface area contributed by atoms with Gasteiger partial charge in [0.05, 0.1) is 38.4 Å². The Hall–Kier alpha value is -2.12. The van der Waals surface area contributed by atoms with Crippen LogP contribution in [0.15, 0.2) is 24.3 Å². The zero-order valence-electron chi connectivity index (χ0n) is 51.3. The molecule has 0 fully saturated rings. The number of aliphatic hydroxyl groups excluding tert-OH is 3. The summed E-state index contributed by atoms with van der Waals surface area (Å²) in [5.41, 5.74) is -0.207. The lowest BCUT2D eigenvalue weighted by Gasteiger charge is -2.52. The molecular formula is C63H112O13P2. The van der Waals surface area contributed by atoms with E-state index in [2.05, 4.69) is 126 Å². The van der Waals surface area contributed by atoms with E-state index < -0.39 is 69.7 Å². The molecule has 0 aromatic heterocycles. The van der Waals surface area contributed by atoms with Crippen molar-refractivity contribution in [1.29, 1.82) is 0 Å². The molecular weight excluding hydrogens is 1030 g/mol. The van der Waals surface area contributed by atoms with Crippen molar-refractivity contribution in [2.75, 3.05) is 33.0 Å². The first-order valence-corrected chi connectivity index (χ1v) is 32.0. The average molecular weight is 1140 g/mol. The highest BCUT2D eigenvalue weighted by atomic mass is 31.2. The predicted octanol–water partition coefficient (Wildman–Crippen LogP) is 14.3. The summed E-state index contributed by atoms with van der Waals surface area (Å²) in [5.74, 6) is -0.467. The summed E-state index contributed by atoms with van der Waals surface area (Å²) in [6, 6.07) is 8.30. The molecule has 0 unspecified atom stereocenters. The van der Waals surface area contributed by atoms with Gasteiger partial charge < -0.3 is 49.5 Å². The van der Waals surface area contributed by atoms with Gasteiger partial charge in [-0.05, 0) is 91.9 Å². The largest absolute Gasteiger partial charge is 0.466 e. The molecule has 0 spiro atoms. The maximum atomic E-state index is 14.5. The van der Waals surface area contributed by atoms with Crippen LogP contribution < -0.4 is 0 Å². The smallest absolute Gasteiger partial charge is 0.334 e. The molecule has 0 aliphatic carbocycles. The number of hydrogen-bond acceptors (Lipinski definition) is 13. The normalized spacial score (nSPS) is 12.8. The van der Waals surface area contributed by atoms with E-state index in [-0.39, 0.29) is 24.8 Å². The topological polar surface area (TPSA) is 224 Å². The molecule has 452 valence electrons. The maximum Gasteiger partial charge on any atom is 0.334 e. The molecule has 15 heteroatoms. The third-order valence-corrected chi connectivity index (χ3v) is 16.1. The summed E-state index contributed by atoms with van der Waals surface area (Å²) in [4.78, 5) is 57.7. The molecule has 0 radical (unpaired) electrons. The highest BCUT2D eigenvalue weighted by Crippen LogP contribution is 2.56. The number of unbranched alkanes of at least 4 members (excludes halogenated alkanes) is 18. The fourth-order valence-corrected chi connectivity index (χ4v) is 10.8. The number of carbonyl (C=O) groups excluding carboxylic acids is 2. The fraction of sp³-hybridized carbons (Fsp3) is 0.778. The Bertz CT molecular complexity index is 1780. The minimum Gasteiger partial charge on any atom is -0.466 e. The van der Waals surface area contributed by atoms with Gasteiger partial charge in [-0.1, -0.05) is 237 Å². The van der Waals surface area contributed by atoms with E-state index in [1.165, 1.54) is 89.9 Å². The highest BCUT2D eigenvalue weighted by Gasteiger charge is 2.58. The van der Waals surface area contributed by atoms with Crippen molar-refractivity contribution < 1.29 is 63.4 Å². The fourth-order valence-electron chi connectivity index (χ4n) is 10.2. The number of benzene rings is 2. The van der Waals surface area contributed by atoms with Crippen molar-refractivity contribution in [3.05, 3.63) is 68.8 Å². The Labute approximate surface area is 476 Å². The third-order valence-electron chi connectivity index (χ3n) is 14.9. The number of esters is 2. The molecule has 0 saturated heterocycles. The molecule has 2 aromatic rings. The standard InChI is InChI=1S/C63H108O8.H4O5P2/c1-15-17-19-21-23-25-27-29-31-33-39-70-54(67)37-35-48-41-50(58(3,4)5)56(51(42-48)59(6,7)8)63(69,62(45-64,46-65)47-66)57-52(60(9,10)11)43-49(44-53(57)61(12,13)14)36-38-55(68)71-40-34-32-30-28-26-24-22-20-18-16-2;1-6(2)5-7(3)4/h41-44,64-66,69H,15-40,45-47H2,1-14H3;1-4H. The molecule has 0 aliphatic heterocycles. The molecule has 0 aliphatic rings. The van der Waals surface area contributed by atoms with Crippen molar-refractivity contribution in [3.63, 3.8) is 0 Å². The maximum absolute atomic E-state index is 14.5. The number of aryl methyl sites for hydroxylation is 2. The molecule has 78 heavy (non-hydrogen) atoms. The third kappa shape index (κ3) is 25.6. The van der Waals surface area contributed by atoms with E-state index in [1.807, 2.05) is 0 Å². The molecule has 0 atom stereocenters. The Kier molecular flexibility index (Phi) is 34.5. The van der Waals surface area contributed by atoms with Gasteiger partial charge in [0.25, 0.3) is 0 Å². The van der Waals surface area contributed by atoms with E-state index in [9.17, 15) is 30.0 Å². The lowest BCUT2D eigenvalue weighted by atomic mass is 9.56. The summed E-state index contributed by atoms with van der Waals surface area (Å²) < 4.78 is 15.1. The molecule has 13 nitrogen and oxygen atoms in total. The van der Waals surface area contributed by atoms with Gasteiger partial charge in [0.2, 0.25) is 0 Å². The zero-order chi connectivity index (χ0) is 59.4. The van der Waals surface area contributed by atoms with Gasteiger partial charge in [0.15, 0.2) is 0 Å². The highest BCUT2D eigenvalue weighted by molar-refractivity contribution is 7.53. The second-order valence-corrected chi connectivity index (χ2v) is 27.7. The van der Waals surface area contributed by atoms with Gasteiger partial charge in [-0.3, -0.25) is 9.59 Å². The molecule has 0 saturated carbocycles. The van der Waals surface area contributed by atoms with E-state index >= 15 is 0 Å². The van der Waals surface area contributed by atoms with Crippen LogP contribution in [0.4, 0.5) is 0 Å². The van der Waals surface area contributed by atoms with Crippen LogP contribution >= 0.6 is 17.2 Å². The van der Waals surface area contributed by atoms with Crippen LogP contribution in [0.5, 0.6) is 0 Å². The Morgan fingerprint density at radius 3 is 0.872 bits per heavy atom. The Morgan fingerprint density at radius 2 is 0.667 bits per heavy atom. The number of ether oxygens (including phenoxy) is 2. The van der Waals surface area contributed by atoms with E-state index in [1.54, 1.807) is 0 Å². The monoisotopic (exact) mass is 1140 g/mol. The molecule has 8 N–H and O–H groups in total. The van der Waals surface area contributed by atoms with Crippen LogP contribution in [0.2, 0.25) is 0 Å². The number of aliphatic hydroxyl groups is 4. The number of carbonyl (C=O) groups is 2. The van der Waals surface area contributed by atoms with Crippen LogP contribution in [0.25, 0.3) is 0 Å². The minimum atomic E-state index is -2.61. The molecule has 0 amide bonds. The second kappa shape index (κ2) is 36.5. The van der Waals surface area contributed by atoms with Crippen molar-refractivity contribution in [2.24, 2.45) is 5.41 Å². The van der Waals surface area contributed by atoms with Gasteiger partial charge in [0, 0.05) is 12.8 Å². The first-order chi connectivity index (χ1) is 36.4. The van der Waals surface area contributed by atoms with Crippen LogP contribution in [0.3, 0.4) is 0 Å². The predicted molar refractivity (Wildman–Crippen MR) is 320 cm³/mol. The van der Waals surface area contributed by atoms with Gasteiger partial charge in [-0.2, -0.15) is 0 Å². The van der Waals surface area contributed by atoms with Crippen molar-refractivity contribution in [1.82, 2.24) is 0 Å². The van der Waals surface area contributed by atoms with Gasteiger partial charge in [-0.15, -0.1) is 0 Å². The van der Waals surface area contributed by atoms with E-state index in [4.69, 9.17) is 29.0 Å². The Balaban J connectivity index is 0.00000404. The quantitative estimate of drug-likeness (QED) is 0.0181.